The highest BCUT2D eigenvalue weighted by molar-refractivity contribution is 6.31. The van der Waals surface area contributed by atoms with Crippen LogP contribution in [0.25, 0.3) is 0 Å². The van der Waals surface area contributed by atoms with Gasteiger partial charge in [-0.25, -0.2) is 9.97 Å². The Labute approximate surface area is 130 Å². The lowest BCUT2D eigenvalue weighted by Gasteiger charge is -2.06. The molecule has 0 saturated carbocycles. The van der Waals surface area contributed by atoms with Gasteiger partial charge in [0.1, 0.15) is 6.33 Å². The maximum Gasteiger partial charge on any atom is 0.348 e. The fraction of sp³-hybridized carbons (Fsp3) is 0.714. The summed E-state index contributed by atoms with van der Waals surface area (Å²) < 4.78 is 0. The molecule has 0 aliphatic rings. The molecule has 0 unspecified atom stereocenters. The first-order valence-corrected chi connectivity index (χ1v) is 7.93. The van der Waals surface area contributed by atoms with Crippen molar-refractivity contribution in [1.29, 1.82) is 0 Å². The number of anilines is 1. The molecule has 0 atom stereocenters. The van der Waals surface area contributed by atoms with Crippen molar-refractivity contribution in [3.63, 3.8) is 0 Å². The molecule has 7 heteroatoms. The number of hydrogen-bond acceptors (Lipinski definition) is 5. The summed E-state index contributed by atoms with van der Waals surface area (Å²) in [5.74, 6) is 0.197. The summed E-state index contributed by atoms with van der Waals surface area (Å²) in [7, 11) is 0. The summed E-state index contributed by atoms with van der Waals surface area (Å²) in [5.41, 5.74) is -0.251. The van der Waals surface area contributed by atoms with Gasteiger partial charge in [0.2, 0.25) is 11.0 Å². The van der Waals surface area contributed by atoms with Crippen LogP contribution in [-0.2, 0) is 0 Å². The van der Waals surface area contributed by atoms with Crippen LogP contribution in [0.15, 0.2) is 6.33 Å². The van der Waals surface area contributed by atoms with Gasteiger partial charge in [-0.05, 0) is 6.42 Å². The number of halogens is 1. The van der Waals surface area contributed by atoms with E-state index in [0.717, 1.165) is 12.8 Å². The van der Waals surface area contributed by atoms with Crippen LogP contribution in [0.5, 0.6) is 0 Å². The van der Waals surface area contributed by atoms with Gasteiger partial charge in [0.15, 0.2) is 0 Å². The first kappa shape index (κ1) is 17.6. The SMILES string of the molecule is CCCCCCCCCCNc1ncnc(Cl)c1[N+](=O)[O-]. The van der Waals surface area contributed by atoms with E-state index in [1.807, 2.05) is 0 Å². The molecule has 0 saturated heterocycles. The van der Waals surface area contributed by atoms with Gasteiger partial charge in [-0.2, -0.15) is 0 Å². The van der Waals surface area contributed by atoms with Gasteiger partial charge in [0.05, 0.1) is 4.92 Å². The van der Waals surface area contributed by atoms with Crippen molar-refractivity contribution < 1.29 is 4.92 Å². The molecule has 0 aromatic carbocycles. The molecule has 0 fully saturated rings. The second-order valence-electron chi connectivity index (χ2n) is 5.02. The number of hydrogen-bond donors (Lipinski definition) is 1. The van der Waals surface area contributed by atoms with Crippen LogP contribution in [0.4, 0.5) is 11.5 Å². The summed E-state index contributed by atoms with van der Waals surface area (Å²) in [6.45, 7) is 2.87. The van der Waals surface area contributed by atoms with Gasteiger partial charge >= 0.3 is 5.69 Å². The minimum Gasteiger partial charge on any atom is -0.364 e. The van der Waals surface area contributed by atoms with E-state index < -0.39 is 4.92 Å². The molecule has 1 rings (SSSR count). The van der Waals surface area contributed by atoms with Gasteiger partial charge in [0, 0.05) is 6.54 Å². The van der Waals surface area contributed by atoms with E-state index in [0.29, 0.717) is 6.54 Å². The van der Waals surface area contributed by atoms with Crippen molar-refractivity contribution in [3.8, 4) is 0 Å². The van der Waals surface area contributed by atoms with E-state index in [1.54, 1.807) is 0 Å². The van der Waals surface area contributed by atoms with Gasteiger partial charge in [-0.15, -0.1) is 0 Å². The van der Waals surface area contributed by atoms with Gasteiger partial charge in [-0.1, -0.05) is 63.5 Å². The Kier molecular flexibility index (Phi) is 8.66. The molecule has 1 aromatic heterocycles. The number of nitrogens with zero attached hydrogens (tertiary/aromatic N) is 3. The summed E-state index contributed by atoms with van der Waals surface area (Å²) in [6, 6.07) is 0. The third-order valence-electron chi connectivity index (χ3n) is 3.28. The molecule has 0 aliphatic carbocycles. The fourth-order valence-electron chi connectivity index (χ4n) is 2.11. The molecule has 0 aliphatic heterocycles. The van der Waals surface area contributed by atoms with E-state index >= 15 is 0 Å². The predicted molar refractivity (Wildman–Crippen MR) is 84.8 cm³/mol. The smallest absolute Gasteiger partial charge is 0.348 e. The lowest BCUT2D eigenvalue weighted by atomic mass is 10.1. The quantitative estimate of drug-likeness (QED) is 0.279. The number of aromatic nitrogens is 2. The van der Waals surface area contributed by atoms with Crippen molar-refractivity contribution >= 4 is 23.1 Å². The predicted octanol–water partition coefficient (Wildman–Crippen LogP) is 4.59. The van der Waals surface area contributed by atoms with Crippen LogP contribution in [0.2, 0.25) is 5.15 Å². The maximum atomic E-state index is 10.9. The van der Waals surface area contributed by atoms with Crippen LogP contribution < -0.4 is 5.32 Å². The summed E-state index contributed by atoms with van der Waals surface area (Å²) in [4.78, 5) is 17.9. The highest BCUT2D eigenvalue weighted by Crippen LogP contribution is 2.28. The maximum absolute atomic E-state index is 10.9. The standard InChI is InChI=1S/C14H23ClN4O2/c1-2-3-4-5-6-7-8-9-10-16-14-12(19(20)21)13(15)17-11-18-14/h11H,2-10H2,1H3,(H,16,17,18). The Morgan fingerprint density at radius 2 is 1.76 bits per heavy atom. The van der Waals surface area contributed by atoms with Crippen LogP contribution in [0.3, 0.4) is 0 Å². The van der Waals surface area contributed by atoms with Gasteiger partial charge < -0.3 is 5.32 Å². The number of rotatable bonds is 11. The average molecular weight is 315 g/mol. The first-order chi connectivity index (χ1) is 10.2. The Hall–Kier alpha value is -1.43. The Morgan fingerprint density at radius 3 is 2.38 bits per heavy atom. The van der Waals surface area contributed by atoms with Crippen LogP contribution >= 0.6 is 11.6 Å². The molecule has 0 radical (unpaired) electrons. The molecule has 1 N–H and O–H groups in total. The monoisotopic (exact) mass is 314 g/mol. The van der Waals surface area contributed by atoms with Gasteiger partial charge in [0.25, 0.3) is 0 Å². The molecule has 1 heterocycles. The lowest BCUT2D eigenvalue weighted by molar-refractivity contribution is -0.384. The third kappa shape index (κ3) is 6.71. The average Bonchev–Trinajstić information content (AvgIpc) is 2.45. The van der Waals surface area contributed by atoms with Crippen LogP contribution in [-0.4, -0.2) is 21.4 Å². The van der Waals surface area contributed by atoms with Crippen molar-refractivity contribution in [1.82, 2.24) is 9.97 Å². The molecule has 6 nitrogen and oxygen atoms in total. The molecule has 0 spiro atoms. The fourth-order valence-corrected chi connectivity index (χ4v) is 2.32. The zero-order valence-electron chi connectivity index (χ0n) is 12.5. The van der Waals surface area contributed by atoms with E-state index in [9.17, 15) is 10.1 Å². The minimum atomic E-state index is -0.557. The zero-order valence-corrected chi connectivity index (χ0v) is 13.2. The number of nitro groups is 1. The van der Waals surface area contributed by atoms with E-state index in [4.69, 9.17) is 11.6 Å². The zero-order chi connectivity index (χ0) is 15.5. The number of nitrogens with one attached hydrogen (secondary N) is 1. The summed E-state index contributed by atoms with van der Waals surface area (Å²) >= 11 is 5.71. The Balaban J connectivity index is 2.21. The molecule has 0 amide bonds. The highest BCUT2D eigenvalue weighted by atomic mass is 35.5. The molecular weight excluding hydrogens is 292 g/mol. The third-order valence-corrected chi connectivity index (χ3v) is 3.56. The Bertz CT molecular complexity index is 443. The lowest BCUT2D eigenvalue weighted by Crippen LogP contribution is -2.07. The second-order valence-corrected chi connectivity index (χ2v) is 5.38. The highest BCUT2D eigenvalue weighted by Gasteiger charge is 2.20. The van der Waals surface area contributed by atoms with Crippen LogP contribution in [0, 0.1) is 10.1 Å². The molecule has 21 heavy (non-hydrogen) atoms. The summed E-state index contributed by atoms with van der Waals surface area (Å²) in [6.07, 6.45) is 11.0. The van der Waals surface area contributed by atoms with Crippen molar-refractivity contribution in [2.24, 2.45) is 0 Å². The second kappa shape index (κ2) is 10.3. The molecule has 0 bridgehead atoms. The first-order valence-electron chi connectivity index (χ1n) is 7.55. The van der Waals surface area contributed by atoms with Gasteiger partial charge in [-0.3, -0.25) is 10.1 Å². The molecule has 118 valence electrons. The minimum absolute atomic E-state index is 0.131. The Morgan fingerprint density at radius 1 is 1.14 bits per heavy atom. The normalized spacial score (nSPS) is 10.6. The topological polar surface area (TPSA) is 81.0 Å². The van der Waals surface area contributed by atoms with Crippen molar-refractivity contribution in [2.75, 3.05) is 11.9 Å². The molecule has 1 aromatic rings. The number of unbranched alkanes of at least 4 members (excludes halogenated alkanes) is 7. The van der Waals surface area contributed by atoms with Crippen LogP contribution in [0.1, 0.15) is 58.3 Å². The van der Waals surface area contributed by atoms with E-state index in [2.05, 4.69) is 22.2 Å². The molecular formula is C14H23ClN4O2. The largest absolute Gasteiger partial charge is 0.364 e. The van der Waals surface area contributed by atoms with Crippen molar-refractivity contribution in [3.05, 3.63) is 21.6 Å². The van der Waals surface area contributed by atoms with Crippen molar-refractivity contribution in [2.45, 2.75) is 58.3 Å². The van der Waals surface area contributed by atoms with E-state index in [1.165, 1.54) is 44.9 Å². The summed E-state index contributed by atoms with van der Waals surface area (Å²) in [5, 5.41) is 13.7. The van der Waals surface area contributed by atoms with E-state index in [-0.39, 0.29) is 16.7 Å².